The van der Waals surface area contributed by atoms with Gasteiger partial charge in [0.2, 0.25) is 0 Å². The molecule has 0 bridgehead atoms. The summed E-state index contributed by atoms with van der Waals surface area (Å²) in [6.45, 7) is 0. The molecule has 90 valence electrons. The minimum absolute atomic E-state index is 0.114. The van der Waals surface area contributed by atoms with E-state index in [1.807, 2.05) is 0 Å². The van der Waals surface area contributed by atoms with Crippen molar-refractivity contribution < 1.29 is 23.0 Å². The number of hydrogen-bond donors (Lipinski definition) is 1. The van der Waals surface area contributed by atoms with Gasteiger partial charge in [-0.25, -0.2) is 0 Å². The highest BCUT2D eigenvalue weighted by molar-refractivity contribution is 6.32. The Morgan fingerprint density at radius 1 is 1.44 bits per heavy atom. The molecule has 0 aliphatic rings. The number of hydrogen-bond acceptors (Lipinski definition) is 2. The van der Waals surface area contributed by atoms with Crippen molar-refractivity contribution in [1.29, 1.82) is 0 Å². The lowest BCUT2D eigenvalue weighted by atomic mass is 10.1. The van der Waals surface area contributed by atoms with Crippen LogP contribution in [0.15, 0.2) is 18.2 Å². The maximum Gasteiger partial charge on any atom is 0.391 e. The molecule has 0 saturated carbocycles. The number of aliphatic hydroxyl groups is 1. The largest absolute Gasteiger partial charge is 0.495 e. The van der Waals surface area contributed by atoms with Gasteiger partial charge in [-0.05, 0) is 17.7 Å². The third kappa shape index (κ3) is 3.57. The number of benzene rings is 1. The van der Waals surface area contributed by atoms with Gasteiger partial charge in [0.15, 0.2) is 0 Å². The van der Waals surface area contributed by atoms with E-state index in [-0.39, 0.29) is 10.6 Å². The zero-order chi connectivity index (χ0) is 12.3. The number of methoxy groups -OCH3 is 1. The monoisotopic (exact) mass is 254 g/mol. The molecule has 1 N–H and O–H groups in total. The second-order valence-corrected chi connectivity index (χ2v) is 3.64. The van der Waals surface area contributed by atoms with Crippen LogP contribution in [0.4, 0.5) is 13.2 Å². The van der Waals surface area contributed by atoms with Crippen LogP contribution in [0.3, 0.4) is 0 Å². The predicted molar refractivity (Wildman–Crippen MR) is 53.6 cm³/mol. The summed E-state index contributed by atoms with van der Waals surface area (Å²) in [5.41, 5.74) is 0.114. The number of ether oxygens (including phenoxy) is 1. The second-order valence-electron chi connectivity index (χ2n) is 3.23. The smallest absolute Gasteiger partial charge is 0.391 e. The van der Waals surface area contributed by atoms with Crippen LogP contribution in [0.5, 0.6) is 5.75 Å². The normalized spacial score (nSPS) is 13.6. The first-order chi connectivity index (χ1) is 7.33. The highest BCUT2D eigenvalue weighted by atomic mass is 35.5. The number of aliphatic hydroxyl groups excluding tert-OH is 1. The van der Waals surface area contributed by atoms with Crippen molar-refractivity contribution in [1.82, 2.24) is 0 Å². The van der Waals surface area contributed by atoms with Gasteiger partial charge in [0, 0.05) is 0 Å². The second kappa shape index (κ2) is 4.93. The molecule has 0 heterocycles. The molecule has 0 fully saturated rings. The van der Waals surface area contributed by atoms with Crippen LogP contribution in [0.2, 0.25) is 5.02 Å². The third-order valence-corrected chi connectivity index (χ3v) is 2.28. The molecule has 2 nitrogen and oxygen atoms in total. The van der Waals surface area contributed by atoms with Gasteiger partial charge in [-0.2, -0.15) is 13.2 Å². The standard InChI is InChI=1S/C10H10ClF3O2/c1-16-9-3-2-6(4-7(9)11)8(15)5-10(12,13)14/h2-4,8,15H,5H2,1H3. The lowest BCUT2D eigenvalue weighted by Crippen LogP contribution is -2.13. The minimum atomic E-state index is -4.41. The third-order valence-electron chi connectivity index (χ3n) is 1.99. The average Bonchev–Trinajstić information content (AvgIpc) is 2.15. The van der Waals surface area contributed by atoms with Crippen LogP contribution in [0, 0.1) is 0 Å². The Morgan fingerprint density at radius 3 is 2.50 bits per heavy atom. The molecule has 1 unspecified atom stereocenters. The summed E-state index contributed by atoms with van der Waals surface area (Å²) in [5, 5.41) is 9.49. The summed E-state index contributed by atoms with van der Waals surface area (Å²) < 4.78 is 40.9. The van der Waals surface area contributed by atoms with Gasteiger partial charge >= 0.3 is 6.18 Å². The van der Waals surface area contributed by atoms with Crippen molar-refractivity contribution in [2.75, 3.05) is 7.11 Å². The summed E-state index contributed by atoms with van der Waals surface area (Å²) in [6, 6.07) is 4.02. The van der Waals surface area contributed by atoms with E-state index in [2.05, 4.69) is 0 Å². The molecule has 1 atom stereocenters. The van der Waals surface area contributed by atoms with Gasteiger partial charge in [-0.1, -0.05) is 17.7 Å². The van der Waals surface area contributed by atoms with E-state index < -0.39 is 18.7 Å². The molecule has 0 aromatic heterocycles. The van der Waals surface area contributed by atoms with Crippen molar-refractivity contribution in [3.8, 4) is 5.75 Å². The Labute approximate surface area is 95.6 Å². The fraction of sp³-hybridized carbons (Fsp3) is 0.400. The molecule has 0 amide bonds. The number of rotatable bonds is 3. The van der Waals surface area contributed by atoms with Crippen molar-refractivity contribution in [2.45, 2.75) is 18.7 Å². The fourth-order valence-corrected chi connectivity index (χ4v) is 1.49. The van der Waals surface area contributed by atoms with Crippen molar-refractivity contribution in [3.63, 3.8) is 0 Å². The van der Waals surface area contributed by atoms with E-state index >= 15 is 0 Å². The van der Waals surface area contributed by atoms with E-state index in [0.717, 1.165) is 0 Å². The predicted octanol–water partition coefficient (Wildman–Crippen LogP) is 3.33. The maximum absolute atomic E-state index is 12.0. The van der Waals surface area contributed by atoms with Gasteiger partial charge in [-0.15, -0.1) is 0 Å². The molecule has 0 aliphatic carbocycles. The van der Waals surface area contributed by atoms with Crippen LogP contribution in [-0.2, 0) is 0 Å². The summed E-state index contributed by atoms with van der Waals surface area (Å²) in [4.78, 5) is 0. The van der Waals surface area contributed by atoms with E-state index in [4.69, 9.17) is 16.3 Å². The van der Waals surface area contributed by atoms with Crippen LogP contribution in [0.25, 0.3) is 0 Å². The highest BCUT2D eigenvalue weighted by Gasteiger charge is 2.31. The molecule has 16 heavy (non-hydrogen) atoms. The Hall–Kier alpha value is -0.940. The van der Waals surface area contributed by atoms with E-state index in [1.165, 1.54) is 25.3 Å². The molecule has 0 spiro atoms. The topological polar surface area (TPSA) is 29.5 Å². The quantitative estimate of drug-likeness (QED) is 0.896. The molecule has 1 rings (SSSR count). The first-order valence-corrected chi connectivity index (χ1v) is 4.79. The zero-order valence-corrected chi connectivity index (χ0v) is 9.14. The van der Waals surface area contributed by atoms with Gasteiger partial charge in [0.1, 0.15) is 5.75 Å². The van der Waals surface area contributed by atoms with Crippen LogP contribution in [0.1, 0.15) is 18.1 Å². The van der Waals surface area contributed by atoms with Gasteiger partial charge < -0.3 is 9.84 Å². The maximum atomic E-state index is 12.0. The molecular formula is C10H10ClF3O2. The molecule has 1 aromatic carbocycles. The minimum Gasteiger partial charge on any atom is -0.495 e. The summed E-state index contributed by atoms with van der Waals surface area (Å²) >= 11 is 5.73. The lowest BCUT2D eigenvalue weighted by Gasteiger charge is -2.14. The highest BCUT2D eigenvalue weighted by Crippen LogP contribution is 2.33. The first kappa shape index (κ1) is 13.1. The van der Waals surface area contributed by atoms with Crippen molar-refractivity contribution in [3.05, 3.63) is 28.8 Å². The average molecular weight is 255 g/mol. The molecule has 6 heteroatoms. The van der Waals surface area contributed by atoms with Gasteiger partial charge in [0.25, 0.3) is 0 Å². The summed E-state index contributed by atoms with van der Waals surface area (Å²) in [5.74, 6) is 0.352. The number of alkyl halides is 3. The SMILES string of the molecule is COc1ccc(C(O)CC(F)(F)F)cc1Cl. The van der Waals surface area contributed by atoms with E-state index in [1.54, 1.807) is 0 Å². The molecule has 1 aromatic rings. The van der Waals surface area contributed by atoms with Crippen molar-refractivity contribution >= 4 is 11.6 Å². The molecule has 0 radical (unpaired) electrons. The molecule has 0 aliphatic heterocycles. The van der Waals surface area contributed by atoms with Crippen LogP contribution < -0.4 is 4.74 Å². The Kier molecular flexibility index (Phi) is 4.04. The fourth-order valence-electron chi connectivity index (χ4n) is 1.23. The first-order valence-electron chi connectivity index (χ1n) is 4.42. The Bertz CT molecular complexity index is 366. The lowest BCUT2D eigenvalue weighted by molar-refractivity contribution is -0.154. The van der Waals surface area contributed by atoms with E-state index in [0.29, 0.717) is 5.75 Å². The molecule has 0 saturated heterocycles. The number of halogens is 4. The van der Waals surface area contributed by atoms with E-state index in [9.17, 15) is 18.3 Å². The Balaban J connectivity index is 2.85. The Morgan fingerprint density at radius 2 is 2.06 bits per heavy atom. The molecular weight excluding hydrogens is 245 g/mol. The summed E-state index contributed by atoms with van der Waals surface area (Å²) in [6.07, 6.45) is -7.31. The van der Waals surface area contributed by atoms with Gasteiger partial charge in [0.05, 0.1) is 24.7 Å². The van der Waals surface area contributed by atoms with Crippen molar-refractivity contribution in [2.24, 2.45) is 0 Å². The van der Waals surface area contributed by atoms with Crippen LogP contribution >= 0.6 is 11.6 Å². The zero-order valence-electron chi connectivity index (χ0n) is 8.38. The summed E-state index contributed by atoms with van der Waals surface area (Å²) in [7, 11) is 1.40. The van der Waals surface area contributed by atoms with Crippen LogP contribution in [-0.4, -0.2) is 18.4 Å². The van der Waals surface area contributed by atoms with Gasteiger partial charge in [-0.3, -0.25) is 0 Å².